The minimum Gasteiger partial charge on any atom is -0.493 e. The lowest BCUT2D eigenvalue weighted by atomic mass is 10.2. The van der Waals surface area contributed by atoms with E-state index in [0.29, 0.717) is 29.1 Å². The van der Waals surface area contributed by atoms with Crippen LogP contribution in [0.5, 0.6) is 5.75 Å². The lowest BCUT2D eigenvalue weighted by Crippen LogP contribution is -2.12. The molecule has 0 atom stereocenters. The number of benzene rings is 1. The summed E-state index contributed by atoms with van der Waals surface area (Å²) < 4.78 is 28.2. The fraction of sp³-hybridized carbons (Fsp3) is 0.500. The normalized spacial score (nSPS) is 11.5. The average Bonchev–Trinajstić information content (AvgIpc) is 2.35. The van der Waals surface area contributed by atoms with Crippen molar-refractivity contribution in [1.29, 1.82) is 0 Å². The molecule has 0 aliphatic carbocycles. The van der Waals surface area contributed by atoms with E-state index in [1.54, 1.807) is 13.0 Å². The van der Waals surface area contributed by atoms with Gasteiger partial charge in [-0.15, -0.1) is 0 Å². The van der Waals surface area contributed by atoms with Crippen LogP contribution in [-0.4, -0.2) is 26.5 Å². The first-order chi connectivity index (χ1) is 8.50. The maximum atomic E-state index is 11.3. The zero-order valence-electron chi connectivity index (χ0n) is 10.2. The second kappa shape index (κ2) is 7.36. The van der Waals surface area contributed by atoms with Crippen LogP contribution in [0.3, 0.4) is 0 Å². The number of hydrogen-bond acceptors (Lipinski definition) is 3. The van der Waals surface area contributed by atoms with E-state index < -0.39 is 9.84 Å². The molecule has 0 spiro atoms. The smallest absolute Gasteiger partial charge is 0.150 e. The fourth-order valence-corrected chi connectivity index (χ4v) is 3.23. The third-order valence-electron chi connectivity index (χ3n) is 2.51. The van der Waals surface area contributed by atoms with Crippen molar-refractivity contribution in [3.8, 4) is 5.75 Å². The van der Waals surface area contributed by atoms with E-state index in [0.717, 1.165) is 5.56 Å². The van der Waals surface area contributed by atoms with Gasteiger partial charge in [0.2, 0.25) is 0 Å². The van der Waals surface area contributed by atoms with Crippen LogP contribution < -0.4 is 4.74 Å². The molecule has 0 aliphatic heterocycles. The Morgan fingerprint density at radius 3 is 2.72 bits per heavy atom. The predicted octanol–water partition coefficient (Wildman–Crippen LogP) is 3.44. The van der Waals surface area contributed by atoms with E-state index >= 15 is 0 Å². The Labute approximate surface area is 122 Å². The minimum atomic E-state index is -2.91. The number of rotatable bonds is 7. The van der Waals surface area contributed by atoms with Gasteiger partial charge in [-0.05, 0) is 18.6 Å². The molecule has 0 radical (unpaired) electrons. The van der Waals surface area contributed by atoms with Crippen molar-refractivity contribution in [3.63, 3.8) is 0 Å². The molecule has 0 unspecified atom stereocenters. The minimum absolute atomic E-state index is 0.160. The molecule has 1 rings (SSSR count). The van der Waals surface area contributed by atoms with E-state index in [1.807, 2.05) is 12.1 Å². The van der Waals surface area contributed by atoms with Gasteiger partial charge in [0, 0.05) is 21.7 Å². The lowest BCUT2D eigenvalue weighted by Gasteiger charge is -2.11. The first-order valence-corrected chi connectivity index (χ1v) is 8.99. The predicted molar refractivity (Wildman–Crippen MR) is 78.5 cm³/mol. The molecule has 0 N–H and O–H groups in total. The lowest BCUT2D eigenvalue weighted by molar-refractivity contribution is 0.315. The van der Waals surface area contributed by atoms with Gasteiger partial charge in [0.15, 0.2) is 0 Å². The van der Waals surface area contributed by atoms with Crippen LogP contribution >= 0.6 is 27.5 Å². The Bertz CT molecular complexity index is 488. The van der Waals surface area contributed by atoms with E-state index in [4.69, 9.17) is 16.3 Å². The molecule has 3 nitrogen and oxygen atoms in total. The highest BCUT2D eigenvalue weighted by molar-refractivity contribution is 9.08. The molecular weight excluding hydrogens is 340 g/mol. The number of halogens is 2. The van der Waals surface area contributed by atoms with Gasteiger partial charge >= 0.3 is 0 Å². The monoisotopic (exact) mass is 354 g/mol. The molecule has 1 aromatic carbocycles. The van der Waals surface area contributed by atoms with E-state index in [2.05, 4.69) is 15.9 Å². The van der Waals surface area contributed by atoms with Crippen molar-refractivity contribution >= 4 is 37.4 Å². The van der Waals surface area contributed by atoms with Crippen LogP contribution in [0.25, 0.3) is 0 Å². The third kappa shape index (κ3) is 4.78. The van der Waals surface area contributed by atoms with Gasteiger partial charge < -0.3 is 4.74 Å². The van der Waals surface area contributed by atoms with E-state index in [9.17, 15) is 8.42 Å². The van der Waals surface area contributed by atoms with Crippen molar-refractivity contribution in [2.75, 3.05) is 18.1 Å². The van der Waals surface area contributed by atoms with Gasteiger partial charge in [-0.1, -0.05) is 40.5 Å². The number of alkyl halides is 1. The van der Waals surface area contributed by atoms with Crippen LogP contribution in [-0.2, 0) is 15.2 Å². The highest BCUT2D eigenvalue weighted by Gasteiger charge is 2.09. The maximum absolute atomic E-state index is 11.3. The molecule has 0 bridgehead atoms. The third-order valence-corrected chi connectivity index (χ3v) is 5.21. The van der Waals surface area contributed by atoms with Crippen LogP contribution in [0.2, 0.25) is 5.02 Å². The molecule has 0 fully saturated rings. The van der Waals surface area contributed by atoms with Crippen molar-refractivity contribution in [3.05, 3.63) is 28.8 Å². The van der Waals surface area contributed by atoms with Crippen LogP contribution in [0.1, 0.15) is 18.9 Å². The second-order valence-corrected chi connectivity index (χ2v) is 7.23. The molecule has 18 heavy (non-hydrogen) atoms. The summed E-state index contributed by atoms with van der Waals surface area (Å²) in [6.45, 7) is 2.02. The Kier molecular flexibility index (Phi) is 6.46. The first-order valence-electron chi connectivity index (χ1n) is 5.66. The Morgan fingerprint density at radius 1 is 1.39 bits per heavy atom. The van der Waals surface area contributed by atoms with Gasteiger partial charge in [-0.2, -0.15) is 0 Å². The first kappa shape index (κ1) is 15.8. The summed E-state index contributed by atoms with van der Waals surface area (Å²) >= 11 is 9.38. The Hall–Kier alpha value is -0.260. The van der Waals surface area contributed by atoms with Gasteiger partial charge in [0.05, 0.1) is 12.4 Å². The van der Waals surface area contributed by atoms with Gasteiger partial charge in [-0.25, -0.2) is 8.42 Å². The van der Waals surface area contributed by atoms with Crippen LogP contribution in [0.4, 0.5) is 0 Å². The summed E-state index contributed by atoms with van der Waals surface area (Å²) in [7, 11) is -2.91. The molecule has 1 aromatic rings. The summed E-state index contributed by atoms with van der Waals surface area (Å²) in [4.78, 5) is 0. The summed E-state index contributed by atoms with van der Waals surface area (Å²) in [5.41, 5.74) is 0.887. The molecule has 0 aliphatic rings. The average molecular weight is 356 g/mol. The van der Waals surface area contributed by atoms with Gasteiger partial charge in [-0.3, -0.25) is 0 Å². The highest BCUT2D eigenvalue weighted by atomic mass is 79.9. The number of sulfone groups is 1. The van der Waals surface area contributed by atoms with Crippen molar-refractivity contribution < 1.29 is 13.2 Å². The number of hydrogen-bond donors (Lipinski definition) is 0. The molecule has 0 saturated heterocycles. The molecule has 6 heteroatoms. The number of ether oxygens (including phenoxy) is 1. The Morgan fingerprint density at radius 2 is 2.11 bits per heavy atom. The molecule has 0 amide bonds. The maximum Gasteiger partial charge on any atom is 0.150 e. The zero-order chi connectivity index (χ0) is 13.6. The van der Waals surface area contributed by atoms with E-state index in [1.165, 1.54) is 0 Å². The van der Waals surface area contributed by atoms with Crippen molar-refractivity contribution in [2.24, 2.45) is 0 Å². The summed E-state index contributed by atoms with van der Waals surface area (Å²) in [6, 6.07) is 5.44. The quantitative estimate of drug-likeness (QED) is 0.556. The Balaban J connectivity index is 2.52. The van der Waals surface area contributed by atoms with Crippen molar-refractivity contribution in [2.45, 2.75) is 18.7 Å². The highest BCUT2D eigenvalue weighted by Crippen LogP contribution is 2.28. The second-order valence-electron chi connectivity index (χ2n) is 3.79. The SMILES string of the molecule is CCS(=O)(=O)CCCOc1cccc(Cl)c1CBr. The fourth-order valence-electron chi connectivity index (χ4n) is 1.41. The summed E-state index contributed by atoms with van der Waals surface area (Å²) in [5.74, 6) is 1.04. The summed E-state index contributed by atoms with van der Waals surface area (Å²) in [5, 5.41) is 1.25. The largest absolute Gasteiger partial charge is 0.493 e. The van der Waals surface area contributed by atoms with E-state index in [-0.39, 0.29) is 11.5 Å². The standard InChI is InChI=1S/C12H16BrClO3S/c1-2-18(15,16)8-4-7-17-12-6-3-5-11(14)10(12)9-13/h3,5-6H,2,4,7-9H2,1H3. The van der Waals surface area contributed by atoms with Crippen molar-refractivity contribution in [1.82, 2.24) is 0 Å². The molecule has 0 saturated carbocycles. The summed E-state index contributed by atoms with van der Waals surface area (Å²) in [6.07, 6.45) is 0.490. The van der Waals surface area contributed by atoms with Crippen LogP contribution in [0, 0.1) is 0 Å². The topological polar surface area (TPSA) is 43.4 Å². The van der Waals surface area contributed by atoms with Gasteiger partial charge in [0.25, 0.3) is 0 Å². The molecule has 0 heterocycles. The zero-order valence-corrected chi connectivity index (χ0v) is 13.3. The molecule has 102 valence electrons. The van der Waals surface area contributed by atoms with Crippen LogP contribution in [0.15, 0.2) is 18.2 Å². The molecule has 0 aromatic heterocycles. The van der Waals surface area contributed by atoms with Gasteiger partial charge in [0.1, 0.15) is 15.6 Å². The molecular formula is C12H16BrClO3S.